The molecule has 0 aliphatic carbocycles. The Kier molecular flexibility index (Phi) is 4.97. The molecule has 4 N–H and O–H groups in total. The predicted octanol–water partition coefficient (Wildman–Crippen LogP) is 1.30. The van der Waals surface area contributed by atoms with Gasteiger partial charge in [-0.1, -0.05) is 17.3 Å². The summed E-state index contributed by atoms with van der Waals surface area (Å²) in [5.74, 6) is 0.0950. The monoisotopic (exact) mass is 251 g/mol. The van der Waals surface area contributed by atoms with Gasteiger partial charge in [0.15, 0.2) is 5.84 Å². The number of aliphatic hydroxyl groups excluding tert-OH is 1. The molecule has 0 spiro atoms. The number of aliphatic hydroxyl groups is 1. The number of benzene rings is 1. The summed E-state index contributed by atoms with van der Waals surface area (Å²) < 4.78 is 0. The lowest BCUT2D eigenvalue weighted by atomic mass is 10.1. The average molecular weight is 251 g/mol. The quantitative estimate of drug-likeness (QED) is 0.319. The lowest BCUT2D eigenvalue weighted by Gasteiger charge is -2.24. The third-order valence-electron chi connectivity index (χ3n) is 2.89. The molecular weight excluding hydrogens is 230 g/mol. The van der Waals surface area contributed by atoms with E-state index in [0.29, 0.717) is 18.5 Å². The molecule has 0 saturated heterocycles. The van der Waals surface area contributed by atoms with Gasteiger partial charge in [0.25, 0.3) is 0 Å². The fraction of sp³-hybridized carbons (Fsp3) is 0.462. The van der Waals surface area contributed by atoms with Crippen molar-refractivity contribution in [1.82, 2.24) is 0 Å². The molecule has 0 amide bonds. The van der Waals surface area contributed by atoms with E-state index in [4.69, 9.17) is 10.9 Å². The van der Waals surface area contributed by atoms with E-state index in [1.54, 1.807) is 6.92 Å². The molecule has 100 valence electrons. The Morgan fingerprint density at radius 1 is 1.50 bits per heavy atom. The summed E-state index contributed by atoms with van der Waals surface area (Å²) in [6.07, 6.45) is 0.323. The molecule has 0 aromatic heterocycles. The van der Waals surface area contributed by atoms with Gasteiger partial charge in [-0.15, -0.1) is 0 Å². The van der Waals surface area contributed by atoms with Gasteiger partial charge < -0.3 is 20.9 Å². The fourth-order valence-corrected chi connectivity index (χ4v) is 1.92. The molecule has 0 aliphatic heterocycles. The molecule has 0 heterocycles. The molecule has 0 saturated carbocycles. The van der Waals surface area contributed by atoms with Gasteiger partial charge in [0.05, 0.1) is 11.8 Å². The Labute approximate surface area is 108 Å². The zero-order valence-corrected chi connectivity index (χ0v) is 11.1. The number of anilines is 1. The van der Waals surface area contributed by atoms with Crippen molar-refractivity contribution in [2.75, 3.05) is 18.5 Å². The van der Waals surface area contributed by atoms with Crippen LogP contribution in [0, 0.1) is 6.92 Å². The van der Waals surface area contributed by atoms with E-state index in [2.05, 4.69) is 5.16 Å². The van der Waals surface area contributed by atoms with Gasteiger partial charge in [-0.05, 0) is 31.9 Å². The van der Waals surface area contributed by atoms with E-state index >= 15 is 0 Å². The van der Waals surface area contributed by atoms with Crippen LogP contribution in [-0.4, -0.2) is 35.8 Å². The number of hydrogen-bond donors (Lipinski definition) is 3. The van der Waals surface area contributed by atoms with Gasteiger partial charge in [-0.2, -0.15) is 0 Å². The summed E-state index contributed by atoms with van der Waals surface area (Å²) in [6, 6.07) is 5.66. The molecule has 0 aliphatic rings. The molecule has 0 radical (unpaired) electrons. The van der Waals surface area contributed by atoms with E-state index in [0.717, 1.165) is 11.3 Å². The molecule has 1 unspecified atom stereocenters. The van der Waals surface area contributed by atoms with Crippen molar-refractivity contribution in [2.24, 2.45) is 10.9 Å². The molecule has 1 aromatic rings. The second-order valence-corrected chi connectivity index (χ2v) is 4.52. The minimum atomic E-state index is -0.344. The minimum absolute atomic E-state index is 0.0950. The lowest BCUT2D eigenvalue weighted by molar-refractivity contribution is 0.187. The van der Waals surface area contributed by atoms with Crippen molar-refractivity contribution in [3.05, 3.63) is 29.3 Å². The van der Waals surface area contributed by atoms with E-state index in [1.807, 2.05) is 37.1 Å². The first-order valence-electron chi connectivity index (χ1n) is 5.94. The van der Waals surface area contributed by atoms with Crippen LogP contribution in [0.25, 0.3) is 0 Å². The molecule has 0 fully saturated rings. The molecule has 0 bridgehead atoms. The number of oxime groups is 1. The number of para-hydroxylation sites is 1. The third kappa shape index (κ3) is 3.37. The van der Waals surface area contributed by atoms with Gasteiger partial charge in [0.1, 0.15) is 0 Å². The van der Waals surface area contributed by atoms with Crippen LogP contribution in [0.15, 0.2) is 23.4 Å². The number of nitrogens with two attached hydrogens (primary N) is 1. The van der Waals surface area contributed by atoms with E-state index in [9.17, 15) is 5.11 Å². The van der Waals surface area contributed by atoms with Crippen LogP contribution < -0.4 is 10.6 Å². The number of amidine groups is 1. The average Bonchev–Trinajstić information content (AvgIpc) is 2.34. The highest BCUT2D eigenvalue weighted by Crippen LogP contribution is 2.24. The van der Waals surface area contributed by atoms with Crippen molar-refractivity contribution in [3.8, 4) is 0 Å². The molecule has 1 aromatic carbocycles. The van der Waals surface area contributed by atoms with Gasteiger partial charge in [0.2, 0.25) is 0 Å². The zero-order chi connectivity index (χ0) is 13.7. The second kappa shape index (κ2) is 6.26. The minimum Gasteiger partial charge on any atom is -0.409 e. The van der Waals surface area contributed by atoms with Gasteiger partial charge in [-0.25, -0.2) is 0 Å². The molecule has 5 heteroatoms. The Bertz CT molecular complexity index is 430. The number of aryl methyl sites for hydroxylation is 1. The largest absolute Gasteiger partial charge is 0.409 e. The summed E-state index contributed by atoms with van der Waals surface area (Å²) in [4.78, 5) is 2.01. The number of nitrogens with zero attached hydrogens (tertiary/aromatic N) is 2. The Balaban J connectivity index is 3.06. The van der Waals surface area contributed by atoms with Gasteiger partial charge in [-0.3, -0.25) is 0 Å². The van der Waals surface area contributed by atoms with Crippen LogP contribution in [0.3, 0.4) is 0 Å². The van der Waals surface area contributed by atoms with Crippen molar-refractivity contribution < 1.29 is 10.3 Å². The highest BCUT2D eigenvalue weighted by molar-refractivity contribution is 6.02. The standard InChI is InChI=1S/C13H21N3O2/c1-9-5-4-6-11(13(14)15-18)12(9)16(3)8-7-10(2)17/h4-6,10,17-18H,7-8H2,1-3H3,(H2,14,15). The van der Waals surface area contributed by atoms with E-state index < -0.39 is 0 Å². The number of hydrogen-bond acceptors (Lipinski definition) is 4. The normalized spacial score (nSPS) is 13.4. The van der Waals surface area contributed by atoms with Crippen molar-refractivity contribution in [3.63, 3.8) is 0 Å². The third-order valence-corrected chi connectivity index (χ3v) is 2.89. The van der Waals surface area contributed by atoms with Crippen LogP contribution >= 0.6 is 0 Å². The highest BCUT2D eigenvalue weighted by atomic mass is 16.4. The topological polar surface area (TPSA) is 82.1 Å². The van der Waals surface area contributed by atoms with Crippen molar-refractivity contribution >= 4 is 11.5 Å². The highest BCUT2D eigenvalue weighted by Gasteiger charge is 2.13. The lowest BCUT2D eigenvalue weighted by Crippen LogP contribution is -2.26. The zero-order valence-electron chi connectivity index (χ0n) is 11.1. The Hall–Kier alpha value is -1.75. The maximum atomic E-state index is 9.33. The molecule has 1 atom stereocenters. The van der Waals surface area contributed by atoms with Crippen LogP contribution in [0.2, 0.25) is 0 Å². The summed E-state index contributed by atoms with van der Waals surface area (Å²) in [5.41, 5.74) is 8.35. The Morgan fingerprint density at radius 3 is 2.72 bits per heavy atom. The van der Waals surface area contributed by atoms with Crippen LogP contribution in [0.5, 0.6) is 0 Å². The SMILES string of the molecule is Cc1cccc(/C(N)=N/O)c1N(C)CCC(C)O. The summed E-state index contributed by atoms with van der Waals surface area (Å²) in [6.45, 7) is 4.44. The van der Waals surface area contributed by atoms with E-state index in [1.165, 1.54) is 0 Å². The van der Waals surface area contributed by atoms with Gasteiger partial charge in [0, 0.05) is 19.2 Å². The second-order valence-electron chi connectivity index (χ2n) is 4.52. The first-order chi connectivity index (χ1) is 8.47. The van der Waals surface area contributed by atoms with Crippen LogP contribution in [0.1, 0.15) is 24.5 Å². The number of rotatable bonds is 5. The van der Waals surface area contributed by atoms with Gasteiger partial charge >= 0.3 is 0 Å². The predicted molar refractivity (Wildman–Crippen MR) is 73.3 cm³/mol. The maximum Gasteiger partial charge on any atom is 0.172 e. The molecule has 1 rings (SSSR count). The van der Waals surface area contributed by atoms with Crippen LogP contribution in [0.4, 0.5) is 5.69 Å². The smallest absolute Gasteiger partial charge is 0.172 e. The Morgan fingerprint density at radius 2 is 2.17 bits per heavy atom. The van der Waals surface area contributed by atoms with Crippen molar-refractivity contribution in [2.45, 2.75) is 26.4 Å². The first kappa shape index (κ1) is 14.3. The molecule has 5 nitrogen and oxygen atoms in total. The molecular formula is C13H21N3O2. The maximum absolute atomic E-state index is 9.33. The van der Waals surface area contributed by atoms with Crippen molar-refractivity contribution in [1.29, 1.82) is 0 Å². The van der Waals surface area contributed by atoms with Crippen LogP contribution in [-0.2, 0) is 0 Å². The first-order valence-corrected chi connectivity index (χ1v) is 5.94. The fourth-order valence-electron chi connectivity index (χ4n) is 1.92. The summed E-state index contributed by atoms with van der Waals surface area (Å²) >= 11 is 0. The summed E-state index contributed by atoms with van der Waals surface area (Å²) in [5, 5.41) is 21.2. The summed E-state index contributed by atoms with van der Waals surface area (Å²) in [7, 11) is 1.93. The molecule has 18 heavy (non-hydrogen) atoms. The van der Waals surface area contributed by atoms with E-state index in [-0.39, 0.29) is 11.9 Å².